The molecule has 21 heavy (non-hydrogen) atoms. The molecule has 1 aromatic rings. The Hall–Kier alpha value is -1.37. The lowest BCUT2D eigenvalue weighted by Crippen LogP contribution is -2.62. The Morgan fingerprint density at radius 2 is 2.33 bits per heavy atom. The van der Waals surface area contributed by atoms with E-state index in [9.17, 15) is 4.79 Å². The van der Waals surface area contributed by atoms with Crippen LogP contribution in [0.1, 0.15) is 37.6 Å². The highest BCUT2D eigenvalue weighted by molar-refractivity contribution is 6.33. The summed E-state index contributed by atoms with van der Waals surface area (Å²) in [4.78, 5) is 16.2. The number of nitrogens with zero attached hydrogens (tertiary/aromatic N) is 1. The van der Waals surface area contributed by atoms with Gasteiger partial charge in [0.25, 0.3) is 5.91 Å². The molecule has 0 bridgehead atoms. The summed E-state index contributed by atoms with van der Waals surface area (Å²) in [6.07, 6.45) is 2.44. The maximum absolute atomic E-state index is 12.2. The lowest BCUT2D eigenvalue weighted by molar-refractivity contribution is -0.111. The average molecular weight is 313 g/mol. The maximum atomic E-state index is 12.2. The van der Waals surface area contributed by atoms with Gasteiger partial charge in [0, 0.05) is 24.3 Å². The van der Waals surface area contributed by atoms with Crippen molar-refractivity contribution in [3.63, 3.8) is 0 Å². The van der Waals surface area contributed by atoms with Gasteiger partial charge >= 0.3 is 0 Å². The molecule has 7 heteroatoms. The van der Waals surface area contributed by atoms with Gasteiger partial charge in [-0.2, -0.15) is 0 Å². The highest BCUT2D eigenvalue weighted by atomic mass is 35.5. The number of amides is 1. The number of carbonyl (C=O) groups is 1. The molecule has 1 aliphatic rings. The fourth-order valence-corrected chi connectivity index (χ4v) is 2.75. The van der Waals surface area contributed by atoms with Crippen molar-refractivity contribution in [2.75, 3.05) is 12.0 Å². The molecule has 0 aromatic carbocycles. The minimum Gasteiger partial charge on any atom is -0.378 e. The van der Waals surface area contributed by atoms with Gasteiger partial charge in [0.05, 0.1) is 16.7 Å². The molecule has 0 radical (unpaired) electrons. The highest BCUT2D eigenvalue weighted by Crippen LogP contribution is 2.42. The number of nitrogens with two attached hydrogens (primary N) is 1. The fraction of sp³-hybridized carbons (Fsp3) is 0.571. The van der Waals surface area contributed by atoms with Crippen LogP contribution in [0, 0.1) is 5.41 Å². The second-order valence-corrected chi connectivity index (χ2v) is 6.13. The summed E-state index contributed by atoms with van der Waals surface area (Å²) in [6, 6.07) is 1.62. The van der Waals surface area contributed by atoms with Gasteiger partial charge in [-0.25, -0.2) is 10.8 Å². The van der Waals surface area contributed by atoms with Crippen molar-refractivity contribution in [2.24, 2.45) is 11.3 Å². The normalized spacial score (nSPS) is 23.3. The standard InChI is InChI=1S/C14H21ClN4O2/c1-4-21-11-6-10(14(11,2)3)18-13(20)8-5-9(15)12(19-16)17-7-8/h5,7,10-11H,4,6,16H2,1-3H3,(H,17,19)(H,18,20). The van der Waals surface area contributed by atoms with E-state index in [2.05, 4.69) is 29.6 Å². The van der Waals surface area contributed by atoms with E-state index < -0.39 is 0 Å². The predicted octanol–water partition coefficient (Wildman–Crippen LogP) is 1.95. The third kappa shape index (κ3) is 3.12. The first-order valence-corrected chi connectivity index (χ1v) is 7.32. The van der Waals surface area contributed by atoms with Gasteiger partial charge in [0.1, 0.15) is 0 Å². The number of hydrazine groups is 1. The lowest BCUT2D eigenvalue weighted by atomic mass is 9.64. The van der Waals surface area contributed by atoms with Crippen LogP contribution in [0.5, 0.6) is 0 Å². The van der Waals surface area contributed by atoms with E-state index in [1.54, 1.807) is 6.07 Å². The van der Waals surface area contributed by atoms with Crippen LogP contribution in [-0.2, 0) is 4.74 Å². The van der Waals surface area contributed by atoms with Gasteiger partial charge in [0.15, 0.2) is 5.82 Å². The number of hydrogen-bond donors (Lipinski definition) is 3. The molecule has 0 aliphatic heterocycles. The molecular formula is C14H21ClN4O2. The van der Waals surface area contributed by atoms with Gasteiger partial charge in [0.2, 0.25) is 0 Å². The molecule has 4 N–H and O–H groups in total. The van der Waals surface area contributed by atoms with Gasteiger partial charge in [-0.1, -0.05) is 25.4 Å². The molecule has 1 heterocycles. The van der Waals surface area contributed by atoms with Crippen LogP contribution >= 0.6 is 11.6 Å². The quantitative estimate of drug-likeness (QED) is 0.571. The second-order valence-electron chi connectivity index (χ2n) is 5.73. The van der Waals surface area contributed by atoms with Gasteiger partial charge in [-0.15, -0.1) is 0 Å². The van der Waals surface area contributed by atoms with Crippen LogP contribution in [0.15, 0.2) is 12.3 Å². The number of pyridine rings is 1. The first kappa shape index (κ1) is 16.0. The maximum Gasteiger partial charge on any atom is 0.253 e. The summed E-state index contributed by atoms with van der Waals surface area (Å²) in [5.74, 6) is 5.40. The summed E-state index contributed by atoms with van der Waals surface area (Å²) in [6.45, 7) is 6.84. The lowest BCUT2D eigenvalue weighted by Gasteiger charge is -2.51. The predicted molar refractivity (Wildman–Crippen MR) is 82.1 cm³/mol. The molecule has 2 rings (SSSR count). The van der Waals surface area contributed by atoms with E-state index in [1.165, 1.54) is 6.20 Å². The zero-order valence-electron chi connectivity index (χ0n) is 12.4. The van der Waals surface area contributed by atoms with Crippen molar-refractivity contribution in [3.05, 3.63) is 22.8 Å². The highest BCUT2D eigenvalue weighted by Gasteiger charge is 2.49. The minimum atomic E-state index is -0.194. The van der Waals surface area contributed by atoms with Crippen molar-refractivity contribution >= 4 is 23.3 Å². The van der Waals surface area contributed by atoms with E-state index in [-0.39, 0.29) is 23.5 Å². The van der Waals surface area contributed by atoms with Crippen LogP contribution < -0.4 is 16.6 Å². The first-order chi connectivity index (χ1) is 9.90. The number of halogens is 1. The number of aromatic nitrogens is 1. The summed E-state index contributed by atoms with van der Waals surface area (Å²) in [5, 5.41) is 3.32. The van der Waals surface area contributed by atoms with Crippen molar-refractivity contribution in [3.8, 4) is 0 Å². The molecule has 1 fully saturated rings. The number of ether oxygens (including phenoxy) is 1. The molecule has 0 saturated heterocycles. The Morgan fingerprint density at radius 3 is 2.86 bits per heavy atom. The zero-order chi connectivity index (χ0) is 15.6. The van der Waals surface area contributed by atoms with E-state index in [0.717, 1.165) is 6.42 Å². The van der Waals surface area contributed by atoms with Crippen molar-refractivity contribution in [2.45, 2.75) is 39.3 Å². The van der Waals surface area contributed by atoms with E-state index in [4.69, 9.17) is 22.2 Å². The number of carbonyl (C=O) groups excluding carboxylic acids is 1. The van der Waals surface area contributed by atoms with E-state index in [0.29, 0.717) is 23.0 Å². The van der Waals surface area contributed by atoms with Crippen molar-refractivity contribution in [1.82, 2.24) is 10.3 Å². The Balaban J connectivity index is 2.01. The largest absolute Gasteiger partial charge is 0.378 e. The Bertz CT molecular complexity index is 536. The molecule has 1 aliphatic carbocycles. The molecular weight excluding hydrogens is 292 g/mol. The molecule has 6 nitrogen and oxygen atoms in total. The summed E-state index contributed by atoms with van der Waals surface area (Å²) < 4.78 is 5.65. The topological polar surface area (TPSA) is 89.3 Å². The Morgan fingerprint density at radius 1 is 1.62 bits per heavy atom. The summed E-state index contributed by atoms with van der Waals surface area (Å²) >= 11 is 5.97. The number of nitrogens with one attached hydrogen (secondary N) is 2. The summed E-state index contributed by atoms with van der Waals surface area (Å²) in [7, 11) is 0. The molecule has 2 atom stereocenters. The Kier molecular flexibility index (Phi) is 4.70. The molecule has 116 valence electrons. The van der Waals surface area contributed by atoms with Crippen LogP contribution in [0.4, 0.5) is 5.82 Å². The van der Waals surface area contributed by atoms with Gasteiger partial charge < -0.3 is 15.5 Å². The Labute approximate surface area is 129 Å². The van der Waals surface area contributed by atoms with Gasteiger partial charge in [-0.05, 0) is 19.4 Å². The zero-order valence-corrected chi connectivity index (χ0v) is 13.2. The third-order valence-electron chi connectivity index (χ3n) is 4.09. The second kappa shape index (κ2) is 6.17. The molecule has 0 spiro atoms. The summed E-state index contributed by atoms with van der Waals surface area (Å²) in [5.41, 5.74) is 2.70. The molecule has 1 amide bonds. The average Bonchev–Trinajstić information content (AvgIpc) is 2.46. The van der Waals surface area contributed by atoms with E-state index in [1.807, 2.05) is 6.92 Å². The van der Waals surface area contributed by atoms with E-state index >= 15 is 0 Å². The fourth-order valence-electron chi connectivity index (χ4n) is 2.52. The van der Waals surface area contributed by atoms with Crippen LogP contribution in [0.3, 0.4) is 0 Å². The first-order valence-electron chi connectivity index (χ1n) is 6.94. The molecule has 2 unspecified atom stereocenters. The third-order valence-corrected chi connectivity index (χ3v) is 4.38. The van der Waals surface area contributed by atoms with Crippen molar-refractivity contribution in [1.29, 1.82) is 0 Å². The molecule has 1 aromatic heterocycles. The molecule has 1 saturated carbocycles. The number of anilines is 1. The number of nitrogen functional groups attached to an aromatic ring is 1. The SMILES string of the molecule is CCOC1CC(NC(=O)c2cnc(NN)c(Cl)c2)C1(C)C. The van der Waals surface area contributed by atoms with Gasteiger partial charge in [-0.3, -0.25) is 4.79 Å². The smallest absolute Gasteiger partial charge is 0.253 e. The number of rotatable bonds is 5. The number of hydrogen-bond acceptors (Lipinski definition) is 5. The minimum absolute atomic E-state index is 0.0765. The van der Waals surface area contributed by atoms with Crippen LogP contribution in [0.25, 0.3) is 0 Å². The van der Waals surface area contributed by atoms with Crippen LogP contribution in [0.2, 0.25) is 5.02 Å². The monoisotopic (exact) mass is 312 g/mol. The van der Waals surface area contributed by atoms with Crippen LogP contribution in [-0.4, -0.2) is 29.6 Å². The van der Waals surface area contributed by atoms with Crippen molar-refractivity contribution < 1.29 is 9.53 Å².